The zero-order valence-corrected chi connectivity index (χ0v) is 23.9. The van der Waals surface area contributed by atoms with Crippen LogP contribution in [0.25, 0.3) is 0 Å². The monoisotopic (exact) mass is 518 g/mol. The lowest BCUT2D eigenvalue weighted by atomic mass is 9.84. The van der Waals surface area contributed by atoms with E-state index in [4.69, 9.17) is 13.9 Å². The molecular formula is C27H42N2O6Si. The Hall–Kier alpha value is -2.04. The zero-order chi connectivity index (χ0) is 26.9. The van der Waals surface area contributed by atoms with Crippen molar-refractivity contribution >= 4 is 8.32 Å². The number of benzene rings is 1. The molecule has 3 rings (SSSR count). The maximum absolute atomic E-state index is 12.7. The van der Waals surface area contributed by atoms with Gasteiger partial charge in [0.05, 0.1) is 31.5 Å². The summed E-state index contributed by atoms with van der Waals surface area (Å²) in [5.74, 6) is 0. The number of aromatic nitrogens is 2. The van der Waals surface area contributed by atoms with Crippen LogP contribution in [0.15, 0.2) is 40.1 Å². The van der Waals surface area contributed by atoms with Gasteiger partial charge < -0.3 is 19.0 Å². The van der Waals surface area contributed by atoms with Crippen LogP contribution < -0.4 is 11.2 Å². The van der Waals surface area contributed by atoms with Gasteiger partial charge in [-0.2, -0.15) is 0 Å². The van der Waals surface area contributed by atoms with Gasteiger partial charge in [0.2, 0.25) is 0 Å². The number of aliphatic hydroxyl groups excluding tert-OH is 1. The van der Waals surface area contributed by atoms with Crippen LogP contribution >= 0.6 is 0 Å². The van der Waals surface area contributed by atoms with Gasteiger partial charge in [-0.1, -0.05) is 65.8 Å². The molecule has 1 unspecified atom stereocenters. The largest absolute Gasteiger partial charge is 0.411 e. The van der Waals surface area contributed by atoms with Crippen LogP contribution in [0.3, 0.4) is 0 Å². The summed E-state index contributed by atoms with van der Waals surface area (Å²) < 4.78 is 19.8. The van der Waals surface area contributed by atoms with Crippen molar-refractivity contribution in [2.75, 3.05) is 6.61 Å². The standard InChI is InChI=1S/C27H42N2O6Si/c1-26(2,3)20-12-10-9-11-18(20)16-33-17-19-14-29(25(32)28-24(19)31)23-13-21(22(15-30)34-23)35-36(7,8)27(4,5)6/h9-12,14,21-23,30H,13,15-17H2,1-8H3,(H,28,31,32)/t21?,22-,23-/m1/s1. The summed E-state index contributed by atoms with van der Waals surface area (Å²) in [4.78, 5) is 27.6. The van der Waals surface area contributed by atoms with Crippen LogP contribution in [0, 0.1) is 0 Å². The fraction of sp³-hybridized carbons (Fsp3) is 0.630. The SMILES string of the molecule is CC(C)(C)c1ccccc1COCc1cn([C@H]2CC(O[Si](C)(C)C(C)(C)C)[C@@H](CO)O2)c(=O)[nH]c1=O. The topological polar surface area (TPSA) is 103 Å². The summed E-state index contributed by atoms with van der Waals surface area (Å²) in [6, 6.07) is 8.09. The Kier molecular flexibility index (Phi) is 8.52. The second kappa shape index (κ2) is 10.7. The lowest BCUT2D eigenvalue weighted by Gasteiger charge is -2.39. The molecule has 36 heavy (non-hydrogen) atoms. The summed E-state index contributed by atoms with van der Waals surface area (Å²) in [7, 11) is -2.12. The van der Waals surface area contributed by atoms with Crippen LogP contribution in [0.5, 0.6) is 0 Å². The molecule has 2 aromatic rings. The van der Waals surface area contributed by atoms with Crippen molar-refractivity contribution in [1.82, 2.24) is 9.55 Å². The molecule has 1 aromatic carbocycles. The Morgan fingerprint density at radius 3 is 2.33 bits per heavy atom. The van der Waals surface area contributed by atoms with E-state index in [-0.39, 0.29) is 29.8 Å². The summed E-state index contributed by atoms with van der Waals surface area (Å²) in [5, 5.41) is 9.91. The number of aromatic amines is 1. The van der Waals surface area contributed by atoms with E-state index in [1.165, 1.54) is 16.3 Å². The Labute approximate surface area is 214 Å². The van der Waals surface area contributed by atoms with Gasteiger partial charge in [-0.15, -0.1) is 0 Å². The third-order valence-corrected chi connectivity index (χ3v) is 11.8. The molecule has 2 heterocycles. The van der Waals surface area contributed by atoms with Gasteiger partial charge in [0.15, 0.2) is 8.32 Å². The molecule has 0 radical (unpaired) electrons. The lowest BCUT2D eigenvalue weighted by molar-refractivity contribution is -0.0441. The molecule has 2 N–H and O–H groups in total. The fourth-order valence-electron chi connectivity index (χ4n) is 4.21. The first-order valence-electron chi connectivity index (χ1n) is 12.6. The number of hydrogen-bond donors (Lipinski definition) is 2. The number of aliphatic hydroxyl groups is 1. The van der Waals surface area contributed by atoms with E-state index in [2.05, 4.69) is 65.7 Å². The van der Waals surface area contributed by atoms with E-state index in [9.17, 15) is 14.7 Å². The number of H-pyrrole nitrogens is 1. The summed E-state index contributed by atoms with van der Waals surface area (Å²) in [5.41, 5.74) is 1.51. The van der Waals surface area contributed by atoms with Crippen molar-refractivity contribution in [1.29, 1.82) is 0 Å². The Balaban J connectivity index is 1.76. The zero-order valence-electron chi connectivity index (χ0n) is 22.9. The first-order valence-corrected chi connectivity index (χ1v) is 15.5. The average molecular weight is 519 g/mol. The maximum Gasteiger partial charge on any atom is 0.330 e. The second-order valence-electron chi connectivity index (χ2n) is 12.2. The fourth-order valence-corrected chi connectivity index (χ4v) is 5.57. The smallest absolute Gasteiger partial charge is 0.330 e. The molecule has 0 saturated carbocycles. The van der Waals surface area contributed by atoms with Crippen LogP contribution in [0.2, 0.25) is 18.1 Å². The molecule has 1 fully saturated rings. The molecule has 1 aliphatic rings. The lowest BCUT2D eigenvalue weighted by Crippen LogP contribution is -2.46. The summed E-state index contributed by atoms with van der Waals surface area (Å²) >= 11 is 0. The average Bonchev–Trinajstić information content (AvgIpc) is 3.15. The Morgan fingerprint density at radius 1 is 1.08 bits per heavy atom. The van der Waals surface area contributed by atoms with E-state index in [1.54, 1.807) is 0 Å². The Bertz CT molecular complexity index is 1160. The predicted molar refractivity (Wildman–Crippen MR) is 143 cm³/mol. The molecule has 0 spiro atoms. The molecule has 8 nitrogen and oxygen atoms in total. The quantitative estimate of drug-likeness (QED) is 0.507. The normalized spacial score (nSPS) is 21.2. The van der Waals surface area contributed by atoms with Crippen LogP contribution in [0.4, 0.5) is 0 Å². The van der Waals surface area contributed by atoms with Crippen molar-refractivity contribution in [3.05, 3.63) is 68.0 Å². The first kappa shape index (κ1) is 28.5. The number of nitrogens with one attached hydrogen (secondary N) is 1. The molecule has 1 aliphatic heterocycles. The van der Waals surface area contributed by atoms with Crippen molar-refractivity contribution < 1.29 is 19.0 Å². The molecule has 1 saturated heterocycles. The van der Waals surface area contributed by atoms with E-state index in [1.807, 2.05) is 18.2 Å². The molecular weight excluding hydrogens is 476 g/mol. The number of hydrogen-bond acceptors (Lipinski definition) is 6. The van der Waals surface area contributed by atoms with Crippen LogP contribution in [-0.4, -0.2) is 41.8 Å². The first-order chi connectivity index (χ1) is 16.6. The van der Waals surface area contributed by atoms with Gasteiger partial charge in [-0.05, 0) is 34.7 Å². The highest BCUT2D eigenvalue weighted by atomic mass is 28.4. The predicted octanol–water partition coefficient (Wildman–Crippen LogP) is 4.22. The minimum Gasteiger partial charge on any atom is -0.411 e. The summed E-state index contributed by atoms with van der Waals surface area (Å²) in [6.07, 6.45) is 0.375. The highest BCUT2D eigenvalue weighted by Crippen LogP contribution is 2.40. The number of nitrogens with zero attached hydrogens (tertiary/aromatic N) is 1. The third kappa shape index (κ3) is 6.44. The number of ether oxygens (including phenoxy) is 2. The van der Waals surface area contributed by atoms with Gasteiger partial charge in [-0.3, -0.25) is 14.3 Å². The molecule has 0 amide bonds. The molecule has 9 heteroatoms. The van der Waals surface area contributed by atoms with Crippen molar-refractivity contribution in [2.24, 2.45) is 0 Å². The molecule has 200 valence electrons. The van der Waals surface area contributed by atoms with Gasteiger partial charge in [0, 0.05) is 12.6 Å². The van der Waals surface area contributed by atoms with Gasteiger partial charge >= 0.3 is 5.69 Å². The van der Waals surface area contributed by atoms with Gasteiger partial charge in [0.1, 0.15) is 12.3 Å². The molecule has 0 aliphatic carbocycles. The molecule has 3 atom stereocenters. The molecule has 0 bridgehead atoms. The van der Waals surface area contributed by atoms with E-state index < -0.39 is 31.9 Å². The second-order valence-corrected chi connectivity index (χ2v) is 16.9. The van der Waals surface area contributed by atoms with Crippen molar-refractivity contribution in [2.45, 2.75) is 103 Å². The highest BCUT2D eigenvalue weighted by Gasteiger charge is 2.45. The minimum atomic E-state index is -2.12. The van der Waals surface area contributed by atoms with Crippen molar-refractivity contribution in [3.8, 4) is 0 Å². The summed E-state index contributed by atoms with van der Waals surface area (Å²) in [6.45, 7) is 17.4. The third-order valence-electron chi connectivity index (χ3n) is 7.30. The van der Waals surface area contributed by atoms with Gasteiger partial charge in [0.25, 0.3) is 5.56 Å². The van der Waals surface area contributed by atoms with E-state index >= 15 is 0 Å². The highest BCUT2D eigenvalue weighted by molar-refractivity contribution is 6.74. The maximum atomic E-state index is 12.7. The Morgan fingerprint density at radius 2 is 1.72 bits per heavy atom. The minimum absolute atomic E-state index is 0.00394. The van der Waals surface area contributed by atoms with Crippen molar-refractivity contribution in [3.63, 3.8) is 0 Å². The van der Waals surface area contributed by atoms with Gasteiger partial charge in [-0.25, -0.2) is 4.79 Å². The van der Waals surface area contributed by atoms with E-state index in [0.29, 0.717) is 18.6 Å². The van der Waals surface area contributed by atoms with E-state index in [0.717, 1.165) is 5.56 Å². The molecule has 1 aromatic heterocycles. The van der Waals surface area contributed by atoms with Crippen LogP contribution in [0.1, 0.15) is 70.9 Å². The van der Waals surface area contributed by atoms with Crippen LogP contribution in [-0.2, 0) is 32.5 Å². The number of rotatable bonds is 8.